The average molecular weight is 395 g/mol. The van der Waals surface area contributed by atoms with E-state index < -0.39 is 16.6 Å². The van der Waals surface area contributed by atoms with E-state index in [1.54, 1.807) is 10.9 Å². The summed E-state index contributed by atoms with van der Waals surface area (Å²) in [6, 6.07) is 9.31. The smallest absolute Gasteiger partial charge is 0.266 e. The van der Waals surface area contributed by atoms with Crippen LogP contribution < -0.4 is 4.72 Å². The summed E-state index contributed by atoms with van der Waals surface area (Å²) in [5, 5.41) is 7.82. The van der Waals surface area contributed by atoms with Crippen molar-refractivity contribution >= 4 is 15.8 Å². The Kier molecular flexibility index (Phi) is 5.01. The van der Waals surface area contributed by atoms with Crippen LogP contribution in [0.3, 0.4) is 0 Å². The second kappa shape index (κ2) is 7.10. The number of aryl methyl sites for hydroxylation is 2. The van der Waals surface area contributed by atoms with Gasteiger partial charge < -0.3 is 0 Å². The van der Waals surface area contributed by atoms with Gasteiger partial charge in [0.1, 0.15) is 4.90 Å². The minimum atomic E-state index is -4.10. The van der Waals surface area contributed by atoms with Gasteiger partial charge in [0.25, 0.3) is 10.0 Å². The number of aromatic nitrogens is 4. The Morgan fingerprint density at radius 1 is 1.11 bits per heavy atom. The number of halogens is 2. The molecule has 2 heterocycles. The molecule has 1 aromatic carbocycles. The normalized spacial score (nSPS) is 11.9. The Labute approximate surface area is 155 Å². The molecule has 0 fully saturated rings. The number of alkyl halides is 2. The highest BCUT2D eigenvalue weighted by atomic mass is 32.2. The highest BCUT2D eigenvalue weighted by Crippen LogP contribution is 2.25. The average Bonchev–Trinajstić information content (AvgIpc) is 3.13. The topological polar surface area (TPSA) is 81.8 Å². The molecule has 0 saturated heterocycles. The summed E-state index contributed by atoms with van der Waals surface area (Å²) in [6.45, 7) is 2.21. The van der Waals surface area contributed by atoms with Gasteiger partial charge in [-0.2, -0.15) is 19.0 Å². The van der Waals surface area contributed by atoms with Crippen LogP contribution >= 0.6 is 0 Å². The predicted octanol–water partition coefficient (Wildman–Crippen LogP) is 3.25. The van der Waals surface area contributed by atoms with Crippen molar-refractivity contribution in [3.05, 3.63) is 59.0 Å². The van der Waals surface area contributed by atoms with Gasteiger partial charge in [-0.05, 0) is 31.9 Å². The number of sulfonamides is 1. The first-order chi connectivity index (χ1) is 12.7. The number of rotatable bonds is 6. The van der Waals surface area contributed by atoms with E-state index in [1.807, 2.05) is 31.2 Å². The maximum atomic E-state index is 12.9. The summed E-state index contributed by atoms with van der Waals surface area (Å²) in [6.07, 6.45) is 1.65. The highest BCUT2D eigenvalue weighted by molar-refractivity contribution is 7.92. The molecule has 10 heteroatoms. The van der Waals surface area contributed by atoms with Gasteiger partial charge in [0.2, 0.25) is 0 Å². The lowest BCUT2D eigenvalue weighted by Crippen LogP contribution is -2.16. The molecule has 2 aromatic heterocycles. The Hall–Kier alpha value is -2.75. The Morgan fingerprint density at radius 3 is 2.44 bits per heavy atom. The monoisotopic (exact) mass is 395 g/mol. The van der Waals surface area contributed by atoms with Crippen molar-refractivity contribution in [1.82, 2.24) is 19.6 Å². The maximum absolute atomic E-state index is 12.9. The Bertz CT molecular complexity index is 1070. The molecule has 7 nitrogen and oxygen atoms in total. The van der Waals surface area contributed by atoms with Crippen LogP contribution in [0.2, 0.25) is 0 Å². The van der Waals surface area contributed by atoms with Gasteiger partial charge in [0, 0.05) is 12.3 Å². The molecule has 0 saturated carbocycles. The zero-order valence-electron chi connectivity index (χ0n) is 15.0. The third-order valence-corrected chi connectivity index (χ3v) is 5.79. The Morgan fingerprint density at radius 2 is 1.81 bits per heavy atom. The maximum Gasteiger partial charge on any atom is 0.333 e. The fraction of sp³-hybridized carbons (Fsp3) is 0.294. The molecular weight excluding hydrogens is 376 g/mol. The fourth-order valence-corrected chi connectivity index (χ4v) is 4.28. The zero-order chi connectivity index (χ0) is 19.8. The molecule has 0 unspecified atom stereocenters. The van der Waals surface area contributed by atoms with Crippen LogP contribution in [0.4, 0.5) is 14.6 Å². The van der Waals surface area contributed by atoms with E-state index in [0.717, 1.165) is 11.1 Å². The van der Waals surface area contributed by atoms with Crippen molar-refractivity contribution in [1.29, 1.82) is 0 Å². The molecule has 0 spiro atoms. The van der Waals surface area contributed by atoms with Crippen LogP contribution in [0.15, 0.2) is 41.4 Å². The molecular formula is C17H19F2N5O2S. The molecule has 27 heavy (non-hydrogen) atoms. The van der Waals surface area contributed by atoms with Gasteiger partial charge in [-0.25, -0.2) is 13.1 Å². The molecule has 0 aliphatic rings. The van der Waals surface area contributed by atoms with Gasteiger partial charge in [-0.15, -0.1) is 0 Å². The number of nitrogens with zero attached hydrogens (tertiary/aromatic N) is 4. The summed E-state index contributed by atoms with van der Waals surface area (Å²) in [4.78, 5) is -0.267. The SMILES string of the molecule is Cc1ccccc1Cn1ccc(NS(=O)(=O)c2c(C)nn(C(F)F)c2C)n1. The number of hydrogen-bond donors (Lipinski definition) is 1. The third-order valence-electron chi connectivity index (χ3n) is 4.19. The predicted molar refractivity (Wildman–Crippen MR) is 96.3 cm³/mol. The second-order valence-corrected chi connectivity index (χ2v) is 7.77. The summed E-state index contributed by atoms with van der Waals surface area (Å²) < 4.78 is 55.5. The zero-order valence-corrected chi connectivity index (χ0v) is 15.8. The minimum Gasteiger partial charge on any atom is -0.266 e. The lowest BCUT2D eigenvalue weighted by atomic mass is 10.1. The van der Waals surface area contributed by atoms with Crippen LogP contribution in [0.25, 0.3) is 0 Å². The van der Waals surface area contributed by atoms with Crippen molar-refractivity contribution in [2.45, 2.75) is 38.8 Å². The standard InChI is InChI=1S/C17H19F2N5O2S/c1-11-6-4-5-7-14(11)10-23-9-8-15(21-23)22-27(25,26)16-12(2)20-24(13(16)3)17(18)19/h4-9,17H,10H2,1-3H3,(H,21,22). The van der Waals surface area contributed by atoms with E-state index in [4.69, 9.17) is 0 Å². The van der Waals surface area contributed by atoms with Gasteiger partial charge in [-0.3, -0.25) is 9.40 Å². The molecule has 1 N–H and O–H groups in total. The fourth-order valence-electron chi connectivity index (χ4n) is 2.88. The quantitative estimate of drug-likeness (QED) is 0.695. The van der Waals surface area contributed by atoms with Crippen LogP contribution in [0, 0.1) is 20.8 Å². The van der Waals surface area contributed by atoms with Crippen LogP contribution in [-0.2, 0) is 16.6 Å². The molecule has 0 radical (unpaired) electrons. The van der Waals surface area contributed by atoms with E-state index in [1.165, 1.54) is 19.9 Å². The third kappa shape index (κ3) is 3.85. The first kappa shape index (κ1) is 19.0. The van der Waals surface area contributed by atoms with E-state index in [2.05, 4.69) is 14.9 Å². The van der Waals surface area contributed by atoms with Crippen molar-refractivity contribution in [2.75, 3.05) is 4.72 Å². The largest absolute Gasteiger partial charge is 0.333 e. The van der Waals surface area contributed by atoms with E-state index in [0.29, 0.717) is 11.2 Å². The van der Waals surface area contributed by atoms with E-state index in [9.17, 15) is 17.2 Å². The lowest BCUT2D eigenvalue weighted by molar-refractivity contribution is 0.0538. The number of benzene rings is 1. The van der Waals surface area contributed by atoms with Gasteiger partial charge in [0.15, 0.2) is 5.82 Å². The molecule has 0 atom stereocenters. The first-order valence-corrected chi connectivity index (χ1v) is 9.62. The number of hydrogen-bond acceptors (Lipinski definition) is 4. The molecule has 0 aliphatic carbocycles. The molecule has 0 aliphatic heterocycles. The summed E-state index contributed by atoms with van der Waals surface area (Å²) in [5.74, 6) is 0.104. The molecule has 0 amide bonds. The summed E-state index contributed by atoms with van der Waals surface area (Å²) in [5.41, 5.74) is 2.02. The summed E-state index contributed by atoms with van der Waals surface area (Å²) >= 11 is 0. The van der Waals surface area contributed by atoms with Gasteiger partial charge in [0.05, 0.1) is 17.9 Å². The van der Waals surface area contributed by atoms with Crippen LogP contribution in [0.1, 0.15) is 29.1 Å². The van der Waals surface area contributed by atoms with E-state index in [-0.39, 0.29) is 22.1 Å². The minimum absolute atomic E-state index is 0.000331. The van der Waals surface area contributed by atoms with Crippen molar-refractivity contribution in [3.63, 3.8) is 0 Å². The summed E-state index contributed by atoms with van der Waals surface area (Å²) in [7, 11) is -4.10. The first-order valence-electron chi connectivity index (χ1n) is 8.13. The van der Waals surface area contributed by atoms with E-state index >= 15 is 0 Å². The van der Waals surface area contributed by atoms with Crippen molar-refractivity contribution in [2.24, 2.45) is 0 Å². The molecule has 3 aromatic rings. The molecule has 144 valence electrons. The molecule has 0 bridgehead atoms. The van der Waals surface area contributed by atoms with Crippen molar-refractivity contribution in [3.8, 4) is 0 Å². The lowest BCUT2D eigenvalue weighted by Gasteiger charge is -2.07. The van der Waals surface area contributed by atoms with Crippen LogP contribution in [0.5, 0.6) is 0 Å². The van der Waals surface area contributed by atoms with Gasteiger partial charge >= 0.3 is 6.55 Å². The second-order valence-electron chi connectivity index (χ2n) is 6.15. The number of anilines is 1. The van der Waals surface area contributed by atoms with Crippen LogP contribution in [-0.4, -0.2) is 28.0 Å². The highest BCUT2D eigenvalue weighted by Gasteiger charge is 2.27. The van der Waals surface area contributed by atoms with Gasteiger partial charge in [-0.1, -0.05) is 24.3 Å². The Balaban J connectivity index is 1.84. The molecule has 3 rings (SSSR count). The van der Waals surface area contributed by atoms with Crippen molar-refractivity contribution < 1.29 is 17.2 Å². The number of nitrogens with one attached hydrogen (secondary N) is 1.